The number of ether oxygens (including phenoxy) is 1. The van der Waals surface area contributed by atoms with Crippen LogP contribution in [0.25, 0.3) is 0 Å². The number of carbonyl (C=O) groups is 1. The minimum atomic E-state index is -0.252. The largest absolute Gasteiger partial charge is 0.453 e. The molecule has 0 spiro atoms. The summed E-state index contributed by atoms with van der Waals surface area (Å²) >= 11 is 1.70. The predicted octanol–water partition coefficient (Wildman–Crippen LogP) is 1.76. The molecular formula is C11H16N2O2S. The second kappa shape index (κ2) is 4.84. The first-order valence-corrected chi connectivity index (χ1v) is 6.26. The molecule has 2 rings (SSSR count). The summed E-state index contributed by atoms with van der Waals surface area (Å²) in [4.78, 5) is 14.7. The number of amides is 1. The molecule has 1 amide bonds. The molecule has 2 heterocycles. The summed E-state index contributed by atoms with van der Waals surface area (Å²) in [5, 5.41) is 2.08. The average molecular weight is 240 g/mol. The Morgan fingerprint density at radius 1 is 1.75 bits per heavy atom. The smallest absolute Gasteiger partial charge is 0.410 e. The number of nitrogens with two attached hydrogens (primary N) is 1. The quantitative estimate of drug-likeness (QED) is 0.857. The summed E-state index contributed by atoms with van der Waals surface area (Å²) < 4.78 is 4.81. The van der Waals surface area contributed by atoms with E-state index < -0.39 is 0 Å². The molecule has 1 aliphatic rings. The molecule has 0 aromatic carbocycles. The van der Waals surface area contributed by atoms with Gasteiger partial charge in [0.1, 0.15) is 0 Å². The molecule has 4 nitrogen and oxygen atoms in total. The number of methoxy groups -OCH3 is 1. The monoisotopic (exact) mass is 240 g/mol. The van der Waals surface area contributed by atoms with E-state index >= 15 is 0 Å². The summed E-state index contributed by atoms with van der Waals surface area (Å²) in [6.07, 6.45) is 1.45. The highest BCUT2D eigenvalue weighted by Gasteiger charge is 2.31. The van der Waals surface area contributed by atoms with Crippen LogP contribution in [0.5, 0.6) is 0 Å². The maximum absolute atomic E-state index is 11.7. The van der Waals surface area contributed by atoms with E-state index in [2.05, 4.69) is 11.4 Å². The van der Waals surface area contributed by atoms with Crippen LogP contribution in [-0.2, 0) is 11.2 Å². The lowest BCUT2D eigenvalue weighted by atomic mass is 10.00. The third-order valence-electron chi connectivity index (χ3n) is 2.93. The van der Waals surface area contributed by atoms with Gasteiger partial charge in [-0.15, -0.1) is 11.3 Å². The van der Waals surface area contributed by atoms with Crippen LogP contribution in [0.1, 0.15) is 22.9 Å². The molecule has 0 saturated heterocycles. The van der Waals surface area contributed by atoms with Gasteiger partial charge in [0.2, 0.25) is 0 Å². The molecule has 1 atom stereocenters. The van der Waals surface area contributed by atoms with Gasteiger partial charge in [-0.2, -0.15) is 0 Å². The van der Waals surface area contributed by atoms with E-state index in [9.17, 15) is 4.79 Å². The fourth-order valence-corrected chi connectivity index (χ4v) is 3.27. The Labute approximate surface area is 99.0 Å². The molecule has 0 saturated carbocycles. The number of thiophene rings is 1. The van der Waals surface area contributed by atoms with Gasteiger partial charge in [-0.3, -0.25) is 4.90 Å². The van der Waals surface area contributed by atoms with Crippen LogP contribution >= 0.6 is 11.3 Å². The van der Waals surface area contributed by atoms with Crippen LogP contribution in [0.2, 0.25) is 0 Å². The molecule has 1 aliphatic heterocycles. The van der Waals surface area contributed by atoms with E-state index in [1.54, 1.807) is 16.2 Å². The van der Waals surface area contributed by atoms with E-state index in [1.165, 1.54) is 17.6 Å². The van der Waals surface area contributed by atoms with Gasteiger partial charge in [-0.1, -0.05) is 0 Å². The van der Waals surface area contributed by atoms with Crippen molar-refractivity contribution < 1.29 is 9.53 Å². The standard InChI is InChI=1S/C11H16N2O2S/c1-15-11(14)13-6-3-8-4-7-16-10(8)9(13)2-5-12/h4,7,9H,2-3,5-6,12H2,1H3. The molecule has 2 N–H and O–H groups in total. The molecular weight excluding hydrogens is 224 g/mol. The summed E-state index contributed by atoms with van der Waals surface area (Å²) in [6, 6.07) is 2.24. The molecule has 1 aromatic heterocycles. The Hall–Kier alpha value is -1.07. The molecule has 0 radical (unpaired) electrons. The van der Waals surface area contributed by atoms with Gasteiger partial charge in [-0.25, -0.2) is 4.79 Å². The average Bonchev–Trinajstić information content (AvgIpc) is 2.77. The Kier molecular flexibility index (Phi) is 3.46. The van der Waals surface area contributed by atoms with Crippen molar-refractivity contribution in [3.63, 3.8) is 0 Å². The van der Waals surface area contributed by atoms with Gasteiger partial charge in [0.05, 0.1) is 13.2 Å². The number of carbonyl (C=O) groups excluding carboxylic acids is 1. The van der Waals surface area contributed by atoms with Gasteiger partial charge in [0.25, 0.3) is 0 Å². The molecule has 5 heteroatoms. The normalized spacial score (nSPS) is 19.4. The van der Waals surface area contributed by atoms with Crippen LogP contribution in [0, 0.1) is 0 Å². The van der Waals surface area contributed by atoms with Crippen LogP contribution in [0.15, 0.2) is 11.4 Å². The fraction of sp³-hybridized carbons (Fsp3) is 0.545. The van der Waals surface area contributed by atoms with E-state index in [0.717, 1.165) is 19.4 Å². The van der Waals surface area contributed by atoms with Crippen LogP contribution in [0.4, 0.5) is 4.79 Å². The van der Waals surface area contributed by atoms with E-state index in [1.807, 2.05) is 0 Å². The van der Waals surface area contributed by atoms with Gasteiger partial charge in [0, 0.05) is 11.4 Å². The van der Waals surface area contributed by atoms with Crippen molar-refractivity contribution in [3.8, 4) is 0 Å². The highest BCUT2D eigenvalue weighted by molar-refractivity contribution is 7.10. The fourth-order valence-electron chi connectivity index (χ4n) is 2.17. The molecule has 0 fully saturated rings. The van der Waals surface area contributed by atoms with Crippen LogP contribution in [0.3, 0.4) is 0 Å². The second-order valence-corrected chi connectivity index (χ2v) is 4.76. The Balaban J connectivity index is 2.26. The maximum Gasteiger partial charge on any atom is 0.410 e. The van der Waals surface area contributed by atoms with Gasteiger partial charge in [-0.05, 0) is 36.4 Å². The molecule has 16 heavy (non-hydrogen) atoms. The summed E-state index contributed by atoms with van der Waals surface area (Å²) in [6.45, 7) is 1.30. The van der Waals surface area contributed by atoms with Crippen molar-refractivity contribution in [1.82, 2.24) is 4.90 Å². The summed E-state index contributed by atoms with van der Waals surface area (Å²) in [5.74, 6) is 0. The van der Waals surface area contributed by atoms with Crippen molar-refractivity contribution in [2.45, 2.75) is 18.9 Å². The number of hydrogen-bond donors (Lipinski definition) is 1. The molecule has 0 aliphatic carbocycles. The van der Waals surface area contributed by atoms with Crippen LogP contribution < -0.4 is 5.73 Å². The van der Waals surface area contributed by atoms with E-state index in [0.29, 0.717) is 6.54 Å². The summed E-state index contributed by atoms with van der Waals surface area (Å²) in [5.41, 5.74) is 6.97. The van der Waals surface area contributed by atoms with Gasteiger partial charge < -0.3 is 10.5 Å². The molecule has 0 bridgehead atoms. The Bertz CT molecular complexity index is 378. The highest BCUT2D eigenvalue weighted by Crippen LogP contribution is 2.35. The van der Waals surface area contributed by atoms with E-state index in [-0.39, 0.29) is 12.1 Å². The zero-order chi connectivity index (χ0) is 11.5. The first kappa shape index (κ1) is 11.4. The predicted molar refractivity (Wildman–Crippen MR) is 63.5 cm³/mol. The lowest BCUT2D eigenvalue weighted by molar-refractivity contribution is 0.100. The lowest BCUT2D eigenvalue weighted by Crippen LogP contribution is -2.40. The van der Waals surface area contributed by atoms with Crippen molar-refractivity contribution in [1.29, 1.82) is 0 Å². The third-order valence-corrected chi connectivity index (χ3v) is 3.99. The zero-order valence-corrected chi connectivity index (χ0v) is 10.1. The number of rotatable bonds is 2. The summed E-state index contributed by atoms with van der Waals surface area (Å²) in [7, 11) is 1.42. The molecule has 1 unspecified atom stereocenters. The second-order valence-electron chi connectivity index (χ2n) is 3.82. The minimum absolute atomic E-state index is 0.0983. The number of fused-ring (bicyclic) bond motifs is 1. The maximum atomic E-state index is 11.7. The SMILES string of the molecule is COC(=O)N1CCc2ccsc2C1CCN. The third kappa shape index (κ3) is 1.92. The van der Waals surface area contributed by atoms with Gasteiger partial charge in [0.15, 0.2) is 0 Å². The molecule has 88 valence electrons. The van der Waals surface area contributed by atoms with Crippen molar-refractivity contribution in [2.24, 2.45) is 5.73 Å². The first-order chi connectivity index (χ1) is 7.77. The van der Waals surface area contributed by atoms with E-state index in [4.69, 9.17) is 10.5 Å². The highest BCUT2D eigenvalue weighted by atomic mass is 32.1. The molecule has 1 aromatic rings. The lowest BCUT2D eigenvalue weighted by Gasteiger charge is -2.34. The Morgan fingerprint density at radius 2 is 2.56 bits per heavy atom. The minimum Gasteiger partial charge on any atom is -0.453 e. The topological polar surface area (TPSA) is 55.6 Å². The number of nitrogens with zero attached hydrogens (tertiary/aromatic N) is 1. The zero-order valence-electron chi connectivity index (χ0n) is 9.31. The first-order valence-electron chi connectivity index (χ1n) is 5.39. The van der Waals surface area contributed by atoms with Crippen molar-refractivity contribution in [2.75, 3.05) is 20.2 Å². The van der Waals surface area contributed by atoms with Crippen LogP contribution in [-0.4, -0.2) is 31.2 Å². The number of hydrogen-bond acceptors (Lipinski definition) is 4. The van der Waals surface area contributed by atoms with Crippen molar-refractivity contribution in [3.05, 3.63) is 21.9 Å². The Morgan fingerprint density at radius 3 is 3.25 bits per heavy atom. The van der Waals surface area contributed by atoms with Gasteiger partial charge >= 0.3 is 6.09 Å². The van der Waals surface area contributed by atoms with Crippen molar-refractivity contribution >= 4 is 17.4 Å².